The molecule has 2 N–H and O–H groups in total. The maximum atomic E-state index is 12.1. The van der Waals surface area contributed by atoms with Gasteiger partial charge in [0.2, 0.25) is 0 Å². The van der Waals surface area contributed by atoms with Gasteiger partial charge in [-0.15, -0.1) is 0 Å². The minimum absolute atomic E-state index is 0.308. The van der Waals surface area contributed by atoms with Gasteiger partial charge in [-0.05, 0) is 31.2 Å². The van der Waals surface area contributed by atoms with Crippen molar-refractivity contribution in [2.24, 2.45) is 0 Å². The lowest BCUT2D eigenvalue weighted by molar-refractivity contribution is -0.143. The second-order valence-corrected chi connectivity index (χ2v) is 5.57. The zero-order chi connectivity index (χ0) is 15.2. The molecule has 0 aliphatic carbocycles. The number of hydrogen-bond donors (Lipinski definition) is 2. The number of benzene rings is 1. The van der Waals surface area contributed by atoms with Crippen LogP contribution in [0.5, 0.6) is 0 Å². The van der Waals surface area contributed by atoms with E-state index in [1.165, 1.54) is 4.90 Å². The van der Waals surface area contributed by atoms with E-state index < -0.39 is 11.8 Å². The summed E-state index contributed by atoms with van der Waals surface area (Å²) in [5.74, 6) is -1.28. The van der Waals surface area contributed by atoms with Gasteiger partial charge in [-0.25, -0.2) is 0 Å². The summed E-state index contributed by atoms with van der Waals surface area (Å²) >= 11 is 3.26. The van der Waals surface area contributed by atoms with Crippen LogP contribution in [0.4, 0.5) is 5.69 Å². The molecular formula is C14H15BrN4O2. The summed E-state index contributed by atoms with van der Waals surface area (Å²) in [6.07, 6.45) is 0.820. The Labute approximate surface area is 131 Å². The van der Waals surface area contributed by atoms with Crippen molar-refractivity contribution in [1.82, 2.24) is 10.2 Å². The molecule has 2 amide bonds. The van der Waals surface area contributed by atoms with Gasteiger partial charge >= 0.3 is 11.8 Å². The van der Waals surface area contributed by atoms with Gasteiger partial charge < -0.3 is 15.5 Å². The van der Waals surface area contributed by atoms with Crippen LogP contribution < -0.4 is 10.6 Å². The number of carbonyl (C=O) groups excluding carboxylic acids is 2. The van der Waals surface area contributed by atoms with Crippen LogP contribution in [0, 0.1) is 11.3 Å². The molecule has 1 aromatic carbocycles. The van der Waals surface area contributed by atoms with Crippen molar-refractivity contribution in [1.29, 1.82) is 5.26 Å². The average Bonchev–Trinajstić information content (AvgIpc) is 2.77. The van der Waals surface area contributed by atoms with Gasteiger partial charge in [-0.1, -0.05) is 15.9 Å². The Morgan fingerprint density at radius 2 is 2.14 bits per heavy atom. The van der Waals surface area contributed by atoms with Crippen LogP contribution in [-0.4, -0.2) is 42.9 Å². The number of nitriles is 1. The van der Waals surface area contributed by atoms with Crippen molar-refractivity contribution >= 4 is 33.4 Å². The van der Waals surface area contributed by atoms with Gasteiger partial charge in [0.15, 0.2) is 0 Å². The number of halogens is 1. The Morgan fingerprint density at radius 3 is 2.90 bits per heavy atom. The minimum Gasteiger partial charge on any atom is -0.333 e. The Bertz CT molecular complexity index is 589. The van der Waals surface area contributed by atoms with Crippen molar-refractivity contribution in [3.63, 3.8) is 0 Å². The summed E-state index contributed by atoms with van der Waals surface area (Å²) in [6, 6.07) is 6.88. The highest BCUT2D eigenvalue weighted by molar-refractivity contribution is 9.10. The molecule has 1 aliphatic heterocycles. The molecule has 6 nitrogen and oxygen atoms in total. The smallest absolute Gasteiger partial charge is 0.313 e. The van der Waals surface area contributed by atoms with Crippen LogP contribution in [0.15, 0.2) is 22.7 Å². The van der Waals surface area contributed by atoms with E-state index in [2.05, 4.69) is 26.6 Å². The summed E-state index contributed by atoms with van der Waals surface area (Å²) in [5.41, 5.74) is 0.648. The fourth-order valence-corrected chi connectivity index (χ4v) is 2.45. The SMILES string of the molecule is N#Cc1cc(Br)ccc1NC(=O)C(=O)N1CCCNCC1. The van der Waals surface area contributed by atoms with E-state index in [0.717, 1.165) is 17.4 Å². The van der Waals surface area contributed by atoms with E-state index >= 15 is 0 Å². The summed E-state index contributed by atoms with van der Waals surface area (Å²) < 4.78 is 0.738. The first-order valence-electron chi connectivity index (χ1n) is 6.62. The highest BCUT2D eigenvalue weighted by Crippen LogP contribution is 2.20. The molecule has 1 fully saturated rings. The van der Waals surface area contributed by atoms with Gasteiger partial charge in [-0.3, -0.25) is 9.59 Å². The second-order valence-electron chi connectivity index (χ2n) is 4.65. The number of rotatable bonds is 1. The Morgan fingerprint density at radius 1 is 1.33 bits per heavy atom. The monoisotopic (exact) mass is 350 g/mol. The van der Waals surface area contributed by atoms with Crippen LogP contribution in [0.1, 0.15) is 12.0 Å². The fraction of sp³-hybridized carbons (Fsp3) is 0.357. The standard InChI is InChI=1S/C14H15BrN4O2/c15-11-2-3-12(10(8-11)9-16)18-13(20)14(21)19-6-1-4-17-5-7-19/h2-3,8,17H,1,4-7H2,(H,18,20). The van der Waals surface area contributed by atoms with Crippen molar-refractivity contribution < 1.29 is 9.59 Å². The largest absolute Gasteiger partial charge is 0.333 e. The molecule has 1 saturated heterocycles. The predicted octanol–water partition coefficient (Wildman–Crippen LogP) is 1.08. The lowest BCUT2D eigenvalue weighted by Gasteiger charge is -2.19. The molecular weight excluding hydrogens is 336 g/mol. The quantitative estimate of drug-likeness (QED) is 0.742. The average molecular weight is 351 g/mol. The van der Waals surface area contributed by atoms with E-state index in [1.807, 2.05) is 6.07 Å². The Balaban J connectivity index is 2.07. The predicted molar refractivity (Wildman–Crippen MR) is 81.6 cm³/mol. The second kappa shape index (κ2) is 7.20. The van der Waals surface area contributed by atoms with Gasteiger partial charge in [0.1, 0.15) is 6.07 Å². The molecule has 1 heterocycles. The first kappa shape index (κ1) is 15.5. The number of hydrogen-bond acceptors (Lipinski definition) is 4. The molecule has 0 atom stereocenters. The maximum Gasteiger partial charge on any atom is 0.313 e. The van der Waals surface area contributed by atoms with Crippen LogP contribution in [0.2, 0.25) is 0 Å². The lowest BCUT2D eigenvalue weighted by atomic mass is 10.2. The van der Waals surface area contributed by atoms with Crippen molar-refractivity contribution in [2.45, 2.75) is 6.42 Å². The van der Waals surface area contributed by atoms with Crippen molar-refractivity contribution in [3.8, 4) is 6.07 Å². The molecule has 1 aromatic rings. The lowest BCUT2D eigenvalue weighted by Crippen LogP contribution is -2.41. The van der Waals surface area contributed by atoms with Crippen LogP contribution in [-0.2, 0) is 9.59 Å². The highest BCUT2D eigenvalue weighted by atomic mass is 79.9. The van der Waals surface area contributed by atoms with Gasteiger partial charge in [-0.2, -0.15) is 5.26 Å². The molecule has 0 bridgehead atoms. The molecule has 0 radical (unpaired) electrons. The first-order chi connectivity index (χ1) is 10.1. The summed E-state index contributed by atoms with van der Waals surface area (Å²) in [4.78, 5) is 25.7. The number of nitrogens with one attached hydrogen (secondary N) is 2. The van der Waals surface area contributed by atoms with Gasteiger partial charge in [0, 0.05) is 24.1 Å². The van der Waals surface area contributed by atoms with Crippen LogP contribution >= 0.6 is 15.9 Å². The van der Waals surface area contributed by atoms with Crippen molar-refractivity contribution in [2.75, 3.05) is 31.5 Å². The van der Waals surface area contributed by atoms with Crippen LogP contribution in [0.25, 0.3) is 0 Å². The molecule has 0 unspecified atom stereocenters. The Kier molecular flexibility index (Phi) is 5.31. The number of anilines is 1. The molecule has 0 saturated carbocycles. The highest BCUT2D eigenvalue weighted by Gasteiger charge is 2.23. The number of carbonyl (C=O) groups is 2. The van der Waals surface area contributed by atoms with E-state index in [9.17, 15) is 9.59 Å². The third-order valence-electron chi connectivity index (χ3n) is 3.17. The van der Waals surface area contributed by atoms with Crippen molar-refractivity contribution in [3.05, 3.63) is 28.2 Å². The van der Waals surface area contributed by atoms with E-state index in [-0.39, 0.29) is 0 Å². The van der Waals surface area contributed by atoms with Gasteiger partial charge in [0.25, 0.3) is 0 Å². The van der Waals surface area contributed by atoms with E-state index in [4.69, 9.17) is 5.26 Å². The topological polar surface area (TPSA) is 85.2 Å². The minimum atomic E-state index is -0.712. The number of nitrogens with zero attached hydrogens (tertiary/aromatic N) is 2. The molecule has 0 aromatic heterocycles. The zero-order valence-electron chi connectivity index (χ0n) is 11.4. The summed E-state index contributed by atoms with van der Waals surface area (Å²) in [6.45, 7) is 2.60. The Hall–Kier alpha value is -1.91. The fourth-order valence-electron chi connectivity index (χ4n) is 2.09. The summed E-state index contributed by atoms with van der Waals surface area (Å²) in [7, 11) is 0. The maximum absolute atomic E-state index is 12.1. The molecule has 2 rings (SSSR count). The molecule has 110 valence electrons. The molecule has 1 aliphatic rings. The van der Waals surface area contributed by atoms with E-state index in [1.54, 1.807) is 18.2 Å². The molecule has 7 heteroatoms. The first-order valence-corrected chi connectivity index (χ1v) is 7.42. The van der Waals surface area contributed by atoms with E-state index in [0.29, 0.717) is 30.9 Å². The zero-order valence-corrected chi connectivity index (χ0v) is 12.9. The third-order valence-corrected chi connectivity index (χ3v) is 3.67. The van der Waals surface area contributed by atoms with Crippen LogP contribution in [0.3, 0.4) is 0 Å². The normalized spacial score (nSPS) is 15.0. The van der Waals surface area contributed by atoms with Gasteiger partial charge in [0.05, 0.1) is 11.3 Å². The molecule has 0 spiro atoms. The molecule has 21 heavy (non-hydrogen) atoms. The number of amides is 2. The summed E-state index contributed by atoms with van der Waals surface area (Å²) in [5, 5.41) is 14.7. The third kappa shape index (κ3) is 4.03.